The molecule has 2 aromatic carbocycles. The molecule has 0 radical (unpaired) electrons. The summed E-state index contributed by atoms with van der Waals surface area (Å²) in [7, 11) is 3.19. The summed E-state index contributed by atoms with van der Waals surface area (Å²) in [6.45, 7) is 2.99. The molecule has 0 fully saturated rings. The fraction of sp³-hybridized carbons (Fsp3) is 0.286. The summed E-state index contributed by atoms with van der Waals surface area (Å²) in [4.78, 5) is 12.3. The molecule has 0 saturated carbocycles. The lowest BCUT2D eigenvalue weighted by atomic mass is 10.1. The van der Waals surface area contributed by atoms with E-state index in [0.29, 0.717) is 30.5 Å². The molecule has 27 heavy (non-hydrogen) atoms. The maximum Gasteiger partial charge on any atom is 0.244 e. The Balaban J connectivity index is 1.66. The van der Waals surface area contributed by atoms with Gasteiger partial charge >= 0.3 is 0 Å². The van der Waals surface area contributed by atoms with Crippen LogP contribution in [0.15, 0.2) is 42.5 Å². The molecule has 0 aliphatic carbocycles. The van der Waals surface area contributed by atoms with Crippen molar-refractivity contribution in [2.75, 3.05) is 27.4 Å². The third-order valence-corrected chi connectivity index (χ3v) is 4.26. The molecule has 3 rings (SSSR count). The van der Waals surface area contributed by atoms with Gasteiger partial charge in [0, 0.05) is 17.7 Å². The molecule has 1 aliphatic heterocycles. The maximum absolute atomic E-state index is 12.3. The third kappa shape index (κ3) is 4.53. The molecule has 142 valence electrons. The van der Waals surface area contributed by atoms with Crippen molar-refractivity contribution in [2.24, 2.45) is 0 Å². The van der Waals surface area contributed by atoms with E-state index in [-0.39, 0.29) is 11.9 Å². The Morgan fingerprint density at radius 2 is 1.85 bits per heavy atom. The molecule has 1 unspecified atom stereocenters. The van der Waals surface area contributed by atoms with Crippen molar-refractivity contribution in [2.45, 2.75) is 13.0 Å². The Kier molecular flexibility index (Phi) is 5.86. The first-order chi connectivity index (χ1) is 13.1. The summed E-state index contributed by atoms with van der Waals surface area (Å²) in [6.07, 6.45) is 3.24. The van der Waals surface area contributed by atoms with Crippen LogP contribution in [0, 0.1) is 0 Å². The Morgan fingerprint density at radius 3 is 2.59 bits per heavy atom. The van der Waals surface area contributed by atoms with Gasteiger partial charge < -0.3 is 24.3 Å². The van der Waals surface area contributed by atoms with Crippen molar-refractivity contribution >= 4 is 12.0 Å². The molecular weight excluding hydrogens is 346 g/mol. The van der Waals surface area contributed by atoms with E-state index in [1.807, 2.05) is 37.3 Å². The first kappa shape index (κ1) is 18.6. The van der Waals surface area contributed by atoms with E-state index >= 15 is 0 Å². The van der Waals surface area contributed by atoms with Gasteiger partial charge in [-0.15, -0.1) is 0 Å². The summed E-state index contributed by atoms with van der Waals surface area (Å²) < 4.78 is 21.6. The zero-order valence-corrected chi connectivity index (χ0v) is 15.7. The Morgan fingerprint density at radius 1 is 1.07 bits per heavy atom. The summed E-state index contributed by atoms with van der Waals surface area (Å²) >= 11 is 0. The van der Waals surface area contributed by atoms with Gasteiger partial charge in [0.2, 0.25) is 5.91 Å². The number of amides is 1. The number of carbonyl (C=O) groups is 1. The highest BCUT2D eigenvalue weighted by Crippen LogP contribution is 2.31. The third-order valence-electron chi connectivity index (χ3n) is 4.26. The number of hydrogen-bond acceptors (Lipinski definition) is 5. The highest BCUT2D eigenvalue weighted by atomic mass is 16.6. The van der Waals surface area contributed by atoms with Crippen LogP contribution < -0.4 is 24.3 Å². The van der Waals surface area contributed by atoms with E-state index in [2.05, 4.69) is 5.32 Å². The molecule has 1 atom stereocenters. The van der Waals surface area contributed by atoms with Gasteiger partial charge in [0.1, 0.15) is 24.7 Å². The number of hydrogen-bond donors (Lipinski definition) is 1. The minimum absolute atomic E-state index is 0.199. The first-order valence-electron chi connectivity index (χ1n) is 8.71. The van der Waals surface area contributed by atoms with Crippen molar-refractivity contribution in [3.8, 4) is 23.0 Å². The highest BCUT2D eigenvalue weighted by Gasteiger charge is 2.14. The van der Waals surface area contributed by atoms with E-state index in [1.165, 1.54) is 6.08 Å². The van der Waals surface area contributed by atoms with Crippen molar-refractivity contribution in [1.82, 2.24) is 5.32 Å². The minimum Gasteiger partial charge on any atom is -0.497 e. The van der Waals surface area contributed by atoms with Crippen LogP contribution >= 0.6 is 0 Å². The lowest BCUT2D eigenvalue weighted by Gasteiger charge is -2.18. The van der Waals surface area contributed by atoms with Crippen molar-refractivity contribution in [1.29, 1.82) is 0 Å². The number of benzene rings is 2. The topological polar surface area (TPSA) is 66.0 Å². The minimum atomic E-state index is -0.219. The molecule has 0 bridgehead atoms. The van der Waals surface area contributed by atoms with Gasteiger partial charge in [-0.3, -0.25) is 4.79 Å². The molecular formula is C21H23NO5. The van der Waals surface area contributed by atoms with Gasteiger partial charge in [0.15, 0.2) is 11.5 Å². The SMILES string of the molecule is COc1ccc(C(C)NC(=O)C=Cc2ccc3c(c2)OCCO3)c(OC)c1. The average Bonchev–Trinajstić information content (AvgIpc) is 2.71. The van der Waals surface area contributed by atoms with Crippen LogP contribution in [0.4, 0.5) is 0 Å². The molecule has 0 saturated heterocycles. The number of rotatable bonds is 6. The number of methoxy groups -OCH3 is 2. The van der Waals surface area contributed by atoms with E-state index in [4.69, 9.17) is 18.9 Å². The average molecular weight is 369 g/mol. The van der Waals surface area contributed by atoms with Crippen LogP contribution in [0.25, 0.3) is 6.08 Å². The number of carbonyl (C=O) groups excluding carboxylic acids is 1. The summed E-state index contributed by atoms with van der Waals surface area (Å²) in [5, 5.41) is 2.94. The Labute approximate surface area is 158 Å². The van der Waals surface area contributed by atoms with Gasteiger partial charge in [0.05, 0.1) is 20.3 Å². The van der Waals surface area contributed by atoms with Crippen LogP contribution in [0.2, 0.25) is 0 Å². The predicted octanol–water partition coefficient (Wildman–Crippen LogP) is 3.37. The molecule has 6 heteroatoms. The number of nitrogens with one attached hydrogen (secondary N) is 1. The van der Waals surface area contributed by atoms with E-state index in [0.717, 1.165) is 16.9 Å². The smallest absolute Gasteiger partial charge is 0.244 e. The van der Waals surface area contributed by atoms with E-state index < -0.39 is 0 Å². The van der Waals surface area contributed by atoms with Gasteiger partial charge in [-0.05, 0) is 42.8 Å². The molecule has 0 aromatic heterocycles. The zero-order chi connectivity index (χ0) is 19.2. The fourth-order valence-electron chi connectivity index (χ4n) is 2.85. The summed E-state index contributed by atoms with van der Waals surface area (Å²) in [6, 6.07) is 10.9. The van der Waals surface area contributed by atoms with Gasteiger partial charge in [-0.25, -0.2) is 0 Å². The summed E-state index contributed by atoms with van der Waals surface area (Å²) in [5.74, 6) is 2.59. The second kappa shape index (κ2) is 8.49. The maximum atomic E-state index is 12.3. The van der Waals surface area contributed by atoms with Gasteiger partial charge in [0.25, 0.3) is 0 Å². The van der Waals surface area contributed by atoms with Crippen molar-refractivity contribution in [3.63, 3.8) is 0 Å². The van der Waals surface area contributed by atoms with Crippen molar-refractivity contribution in [3.05, 3.63) is 53.6 Å². The molecule has 2 aromatic rings. The molecule has 1 N–H and O–H groups in total. The molecule has 6 nitrogen and oxygen atoms in total. The Hall–Kier alpha value is -3.15. The predicted molar refractivity (Wildman–Crippen MR) is 103 cm³/mol. The number of ether oxygens (including phenoxy) is 4. The largest absolute Gasteiger partial charge is 0.497 e. The van der Waals surface area contributed by atoms with E-state index in [1.54, 1.807) is 26.4 Å². The fourth-order valence-corrected chi connectivity index (χ4v) is 2.85. The second-order valence-corrected chi connectivity index (χ2v) is 6.07. The normalized spacial score (nSPS) is 13.9. The zero-order valence-electron chi connectivity index (χ0n) is 15.7. The lowest BCUT2D eigenvalue weighted by molar-refractivity contribution is -0.117. The van der Waals surface area contributed by atoms with E-state index in [9.17, 15) is 4.79 Å². The quantitative estimate of drug-likeness (QED) is 0.791. The highest BCUT2D eigenvalue weighted by molar-refractivity contribution is 5.92. The van der Waals surface area contributed by atoms with Crippen LogP contribution in [0.5, 0.6) is 23.0 Å². The van der Waals surface area contributed by atoms with Crippen LogP contribution in [-0.2, 0) is 4.79 Å². The van der Waals surface area contributed by atoms with Crippen molar-refractivity contribution < 1.29 is 23.7 Å². The standard InChI is InChI=1S/C21H23NO5/c1-14(17-7-6-16(24-2)13-19(17)25-3)22-21(23)9-5-15-4-8-18-20(12-15)27-11-10-26-18/h4-9,12-14H,10-11H2,1-3H3,(H,22,23). The monoisotopic (exact) mass is 369 g/mol. The molecule has 1 amide bonds. The van der Waals surface area contributed by atoms with Gasteiger partial charge in [-0.2, -0.15) is 0 Å². The molecule has 1 heterocycles. The van der Waals surface area contributed by atoms with Crippen LogP contribution in [-0.4, -0.2) is 33.3 Å². The van der Waals surface area contributed by atoms with Gasteiger partial charge in [-0.1, -0.05) is 6.07 Å². The Bertz CT molecular complexity index is 846. The van der Waals surface area contributed by atoms with Crippen LogP contribution in [0.3, 0.4) is 0 Å². The molecule has 1 aliphatic rings. The molecule has 0 spiro atoms. The first-order valence-corrected chi connectivity index (χ1v) is 8.71. The number of fused-ring (bicyclic) bond motifs is 1. The second-order valence-electron chi connectivity index (χ2n) is 6.07. The summed E-state index contributed by atoms with van der Waals surface area (Å²) in [5.41, 5.74) is 1.74. The lowest BCUT2D eigenvalue weighted by Crippen LogP contribution is -2.25. The van der Waals surface area contributed by atoms with Crippen LogP contribution in [0.1, 0.15) is 24.1 Å².